The standard InChI is InChI=1S/C17H20N4O3S/c1-19(2)17(24)16-18-12-6-9-20(10-7-13(12)25-16)15(23)11-21-8-4-3-5-14(21)22/h3-5,8H,6-7,9-11H2,1-2H3. The molecule has 0 radical (unpaired) electrons. The molecule has 2 aromatic rings. The van der Waals surface area contributed by atoms with Crippen molar-refractivity contribution in [2.24, 2.45) is 0 Å². The van der Waals surface area contributed by atoms with Gasteiger partial charge in [-0.1, -0.05) is 6.07 Å². The van der Waals surface area contributed by atoms with Crippen LogP contribution in [-0.4, -0.2) is 58.4 Å². The topological polar surface area (TPSA) is 75.5 Å². The number of rotatable bonds is 3. The van der Waals surface area contributed by atoms with Crippen LogP contribution >= 0.6 is 11.3 Å². The SMILES string of the molecule is CN(C)C(=O)c1nc2c(s1)CCN(C(=O)Cn1ccccc1=O)CC2. The van der Waals surface area contributed by atoms with E-state index in [1.165, 1.54) is 26.9 Å². The number of amides is 2. The number of pyridine rings is 1. The van der Waals surface area contributed by atoms with Crippen LogP contribution in [0.1, 0.15) is 20.4 Å². The van der Waals surface area contributed by atoms with Crippen molar-refractivity contribution in [2.75, 3.05) is 27.2 Å². The fourth-order valence-electron chi connectivity index (χ4n) is 2.73. The molecule has 132 valence electrons. The molecular weight excluding hydrogens is 340 g/mol. The minimum atomic E-state index is -0.182. The third-order valence-electron chi connectivity index (χ3n) is 4.15. The maximum atomic E-state index is 12.5. The molecule has 0 N–H and O–H groups in total. The lowest BCUT2D eigenvalue weighted by Crippen LogP contribution is -2.37. The van der Waals surface area contributed by atoms with Gasteiger partial charge in [-0.3, -0.25) is 14.4 Å². The quantitative estimate of drug-likeness (QED) is 0.805. The third-order valence-corrected chi connectivity index (χ3v) is 5.30. The lowest BCUT2D eigenvalue weighted by atomic mass is 10.2. The number of fused-ring (bicyclic) bond motifs is 1. The van der Waals surface area contributed by atoms with Gasteiger partial charge in [0.05, 0.1) is 5.69 Å². The van der Waals surface area contributed by atoms with Crippen molar-refractivity contribution in [3.05, 3.63) is 50.3 Å². The average Bonchev–Trinajstić information content (AvgIpc) is 2.89. The van der Waals surface area contributed by atoms with Gasteiger partial charge in [-0.25, -0.2) is 4.98 Å². The zero-order valence-corrected chi connectivity index (χ0v) is 15.1. The fraction of sp³-hybridized carbons (Fsp3) is 0.412. The van der Waals surface area contributed by atoms with Crippen LogP contribution in [0.2, 0.25) is 0 Å². The van der Waals surface area contributed by atoms with E-state index in [-0.39, 0.29) is 23.9 Å². The summed E-state index contributed by atoms with van der Waals surface area (Å²) in [7, 11) is 3.42. The number of carbonyl (C=O) groups excluding carboxylic acids is 2. The smallest absolute Gasteiger partial charge is 0.282 e. The number of hydrogen-bond acceptors (Lipinski definition) is 5. The van der Waals surface area contributed by atoms with Crippen molar-refractivity contribution >= 4 is 23.2 Å². The van der Waals surface area contributed by atoms with E-state index in [9.17, 15) is 14.4 Å². The fourth-order valence-corrected chi connectivity index (χ4v) is 3.85. The van der Waals surface area contributed by atoms with Crippen LogP contribution < -0.4 is 5.56 Å². The highest BCUT2D eigenvalue weighted by Gasteiger charge is 2.24. The summed E-state index contributed by atoms with van der Waals surface area (Å²) in [5, 5.41) is 0.505. The van der Waals surface area contributed by atoms with Crippen molar-refractivity contribution in [3.63, 3.8) is 0 Å². The highest BCUT2D eigenvalue weighted by Crippen LogP contribution is 2.23. The molecule has 0 saturated carbocycles. The van der Waals surface area contributed by atoms with Gasteiger partial charge < -0.3 is 14.4 Å². The molecule has 0 unspecified atom stereocenters. The summed E-state index contributed by atoms with van der Waals surface area (Å²) in [4.78, 5) is 45.1. The first-order valence-electron chi connectivity index (χ1n) is 8.09. The number of aromatic nitrogens is 2. The highest BCUT2D eigenvalue weighted by atomic mass is 32.1. The Morgan fingerprint density at radius 3 is 2.72 bits per heavy atom. The van der Waals surface area contributed by atoms with E-state index in [4.69, 9.17) is 0 Å². The minimum absolute atomic E-state index is 0.0467. The van der Waals surface area contributed by atoms with Gasteiger partial charge in [0.25, 0.3) is 11.5 Å². The summed E-state index contributed by atoms with van der Waals surface area (Å²) in [6.07, 6.45) is 2.93. The summed E-state index contributed by atoms with van der Waals surface area (Å²) < 4.78 is 1.41. The molecule has 0 spiro atoms. The van der Waals surface area contributed by atoms with Gasteiger partial charge in [-0.05, 0) is 6.07 Å². The molecule has 8 heteroatoms. The zero-order valence-electron chi connectivity index (χ0n) is 14.3. The Kier molecular flexibility index (Phi) is 4.98. The maximum absolute atomic E-state index is 12.5. The molecule has 0 bridgehead atoms. The zero-order chi connectivity index (χ0) is 18.0. The molecule has 0 fully saturated rings. The van der Waals surface area contributed by atoms with Gasteiger partial charge in [-0.15, -0.1) is 11.3 Å². The largest absolute Gasteiger partial charge is 0.343 e. The average molecular weight is 360 g/mol. The molecule has 2 aromatic heterocycles. The van der Waals surface area contributed by atoms with Crippen LogP contribution in [0.15, 0.2) is 29.2 Å². The van der Waals surface area contributed by atoms with Gasteiger partial charge >= 0.3 is 0 Å². The number of nitrogens with zero attached hydrogens (tertiary/aromatic N) is 4. The van der Waals surface area contributed by atoms with Gasteiger partial charge in [0.15, 0.2) is 5.01 Å². The molecule has 0 aliphatic carbocycles. The van der Waals surface area contributed by atoms with Crippen LogP contribution in [0.3, 0.4) is 0 Å². The minimum Gasteiger partial charge on any atom is -0.343 e. The van der Waals surface area contributed by atoms with Crippen molar-refractivity contribution in [1.82, 2.24) is 19.4 Å². The normalized spacial score (nSPS) is 13.9. The second-order valence-corrected chi connectivity index (χ2v) is 7.22. The van der Waals surface area contributed by atoms with Crippen LogP contribution in [0.5, 0.6) is 0 Å². The molecule has 0 aromatic carbocycles. The van der Waals surface area contributed by atoms with Crippen molar-refractivity contribution < 1.29 is 9.59 Å². The lowest BCUT2D eigenvalue weighted by Gasteiger charge is -2.20. The number of carbonyl (C=O) groups is 2. The molecule has 2 amide bonds. The van der Waals surface area contributed by atoms with E-state index >= 15 is 0 Å². The molecule has 0 atom stereocenters. The van der Waals surface area contributed by atoms with Crippen LogP contribution in [0.4, 0.5) is 0 Å². The monoisotopic (exact) mass is 360 g/mol. The Morgan fingerprint density at radius 2 is 2.00 bits per heavy atom. The summed E-state index contributed by atoms with van der Waals surface area (Å²) in [5.74, 6) is -0.164. The van der Waals surface area contributed by atoms with Crippen LogP contribution in [0, 0.1) is 0 Å². The van der Waals surface area contributed by atoms with Crippen LogP contribution in [0.25, 0.3) is 0 Å². The van der Waals surface area contributed by atoms with E-state index < -0.39 is 0 Å². The predicted molar refractivity (Wildman–Crippen MR) is 94.8 cm³/mol. The summed E-state index contributed by atoms with van der Waals surface area (Å²) in [6, 6.07) is 4.84. The Balaban J connectivity index is 1.67. The van der Waals surface area contributed by atoms with E-state index in [0.717, 1.165) is 10.6 Å². The van der Waals surface area contributed by atoms with Gasteiger partial charge in [0.1, 0.15) is 6.54 Å². The first kappa shape index (κ1) is 17.3. The highest BCUT2D eigenvalue weighted by molar-refractivity contribution is 7.13. The van der Waals surface area contributed by atoms with Gasteiger partial charge in [0.2, 0.25) is 5.91 Å². The number of thiazole rings is 1. The Morgan fingerprint density at radius 1 is 1.24 bits per heavy atom. The molecule has 7 nitrogen and oxygen atoms in total. The number of hydrogen-bond donors (Lipinski definition) is 0. The molecule has 25 heavy (non-hydrogen) atoms. The van der Waals surface area contributed by atoms with Crippen molar-refractivity contribution in [3.8, 4) is 0 Å². The van der Waals surface area contributed by atoms with E-state index in [1.54, 1.807) is 37.3 Å². The summed E-state index contributed by atoms with van der Waals surface area (Å²) >= 11 is 1.41. The molecule has 1 aliphatic heterocycles. The van der Waals surface area contributed by atoms with Gasteiger partial charge in [-0.2, -0.15) is 0 Å². The second kappa shape index (κ2) is 7.18. The molecule has 0 saturated heterocycles. The van der Waals surface area contributed by atoms with Gasteiger partial charge in [0, 0.05) is 57.2 Å². The van der Waals surface area contributed by atoms with E-state index in [1.807, 2.05) is 0 Å². The molecule has 1 aliphatic rings. The first-order chi connectivity index (χ1) is 12.0. The summed E-state index contributed by atoms with van der Waals surface area (Å²) in [5.41, 5.74) is 0.723. The third kappa shape index (κ3) is 3.79. The molecule has 3 rings (SSSR count). The van der Waals surface area contributed by atoms with Crippen LogP contribution in [-0.2, 0) is 24.2 Å². The molecule has 3 heterocycles. The second-order valence-electron chi connectivity index (χ2n) is 6.14. The maximum Gasteiger partial charge on any atom is 0.282 e. The predicted octanol–water partition coefficient (Wildman–Crippen LogP) is 0.634. The Hall–Kier alpha value is -2.48. The van der Waals surface area contributed by atoms with Crippen molar-refractivity contribution in [1.29, 1.82) is 0 Å². The van der Waals surface area contributed by atoms with Crippen molar-refractivity contribution in [2.45, 2.75) is 19.4 Å². The Labute approximate surface area is 149 Å². The summed E-state index contributed by atoms with van der Waals surface area (Å²) in [6.45, 7) is 1.17. The first-order valence-corrected chi connectivity index (χ1v) is 8.91. The van der Waals surface area contributed by atoms with E-state index in [2.05, 4.69) is 4.98 Å². The lowest BCUT2D eigenvalue weighted by molar-refractivity contribution is -0.131. The molecular formula is C17H20N4O3S. The van der Waals surface area contributed by atoms with E-state index in [0.29, 0.717) is 30.9 Å². The Bertz CT molecular complexity index is 830.